The van der Waals surface area contributed by atoms with Gasteiger partial charge in [0.25, 0.3) is 5.91 Å². The highest BCUT2D eigenvalue weighted by Crippen LogP contribution is 2.37. The summed E-state index contributed by atoms with van der Waals surface area (Å²) in [4.78, 5) is 16.6. The lowest BCUT2D eigenvalue weighted by molar-refractivity contribution is 0.0950. The summed E-state index contributed by atoms with van der Waals surface area (Å²) in [5.41, 5.74) is 4.06. The molecule has 0 bridgehead atoms. The molecule has 0 radical (unpaired) electrons. The van der Waals surface area contributed by atoms with Gasteiger partial charge < -0.3 is 10.1 Å². The first-order chi connectivity index (χ1) is 13.4. The van der Waals surface area contributed by atoms with Gasteiger partial charge in [-0.2, -0.15) is 0 Å². The molecule has 0 aliphatic carbocycles. The first kappa shape index (κ1) is 18.1. The zero-order chi connectivity index (χ0) is 19.7. The van der Waals surface area contributed by atoms with Crippen LogP contribution in [0, 0.1) is 0 Å². The van der Waals surface area contributed by atoms with Crippen LogP contribution in [-0.4, -0.2) is 19.3 Å². The predicted octanol–water partition coefficient (Wildman–Crippen LogP) is 2.22. The number of hydrogen-bond acceptors (Lipinski definition) is 5. The third kappa shape index (κ3) is 3.60. The number of nitrogens with two attached hydrogens (primary N) is 1. The first-order valence-corrected chi connectivity index (χ1v) is 10.1. The number of primary sulfonamides is 1. The number of nitrogens with zero attached hydrogens (tertiary/aromatic N) is 1. The van der Waals surface area contributed by atoms with E-state index in [1.54, 1.807) is 36.7 Å². The van der Waals surface area contributed by atoms with E-state index in [-0.39, 0.29) is 17.3 Å². The van der Waals surface area contributed by atoms with Gasteiger partial charge in [-0.15, -0.1) is 0 Å². The molecule has 3 N–H and O–H groups in total. The fourth-order valence-corrected chi connectivity index (χ4v) is 3.67. The number of fused-ring (bicyclic) bond motifs is 3. The number of rotatable bonds is 4. The minimum atomic E-state index is -3.78. The maximum absolute atomic E-state index is 12.5. The summed E-state index contributed by atoms with van der Waals surface area (Å²) >= 11 is 0. The van der Waals surface area contributed by atoms with Crippen molar-refractivity contribution < 1.29 is 17.9 Å². The molecular formula is C20H17N3O4S. The van der Waals surface area contributed by atoms with Crippen molar-refractivity contribution in [2.75, 3.05) is 0 Å². The zero-order valence-electron chi connectivity index (χ0n) is 14.8. The molecule has 4 rings (SSSR count). The van der Waals surface area contributed by atoms with Gasteiger partial charge in [0.2, 0.25) is 10.0 Å². The molecule has 7 nitrogen and oxygen atoms in total. The molecule has 0 spiro atoms. The second-order valence-corrected chi connectivity index (χ2v) is 7.97. The van der Waals surface area contributed by atoms with Gasteiger partial charge in [-0.1, -0.05) is 12.1 Å². The largest absolute Gasteiger partial charge is 0.488 e. The van der Waals surface area contributed by atoms with Gasteiger partial charge in [0.15, 0.2) is 0 Å². The van der Waals surface area contributed by atoms with Gasteiger partial charge in [0.1, 0.15) is 12.4 Å². The maximum atomic E-state index is 12.5. The molecule has 2 heterocycles. The van der Waals surface area contributed by atoms with E-state index < -0.39 is 10.0 Å². The van der Waals surface area contributed by atoms with Crippen molar-refractivity contribution in [3.8, 4) is 16.9 Å². The van der Waals surface area contributed by atoms with E-state index >= 15 is 0 Å². The summed E-state index contributed by atoms with van der Waals surface area (Å²) in [5, 5.41) is 7.92. The predicted molar refractivity (Wildman–Crippen MR) is 103 cm³/mol. The average Bonchev–Trinajstić information content (AvgIpc) is 2.71. The molecule has 0 unspecified atom stereocenters. The van der Waals surface area contributed by atoms with Crippen LogP contribution in [0.3, 0.4) is 0 Å². The number of ether oxygens (including phenoxy) is 1. The van der Waals surface area contributed by atoms with E-state index in [1.165, 1.54) is 12.1 Å². The topological polar surface area (TPSA) is 111 Å². The number of aromatic nitrogens is 1. The Morgan fingerprint density at radius 1 is 1.14 bits per heavy atom. The number of sulfonamides is 1. The van der Waals surface area contributed by atoms with Crippen molar-refractivity contribution in [2.45, 2.75) is 18.0 Å². The van der Waals surface area contributed by atoms with Crippen molar-refractivity contribution in [3.05, 3.63) is 77.6 Å². The van der Waals surface area contributed by atoms with Crippen LogP contribution >= 0.6 is 0 Å². The minimum Gasteiger partial charge on any atom is -0.488 e. The monoisotopic (exact) mass is 395 g/mol. The molecule has 1 amide bonds. The van der Waals surface area contributed by atoms with Crippen LogP contribution in [0.15, 0.2) is 65.8 Å². The Balaban J connectivity index is 1.51. The lowest BCUT2D eigenvalue weighted by Crippen LogP contribution is -2.23. The number of pyridine rings is 1. The van der Waals surface area contributed by atoms with E-state index in [9.17, 15) is 13.2 Å². The van der Waals surface area contributed by atoms with Gasteiger partial charge in [-0.3, -0.25) is 9.78 Å². The van der Waals surface area contributed by atoms with E-state index in [1.807, 2.05) is 12.1 Å². The number of carbonyl (C=O) groups excluding carboxylic acids is 1. The molecule has 142 valence electrons. The molecule has 0 atom stereocenters. The van der Waals surface area contributed by atoms with E-state index in [0.717, 1.165) is 16.7 Å². The molecule has 2 aromatic carbocycles. The van der Waals surface area contributed by atoms with Gasteiger partial charge in [-0.25, -0.2) is 13.6 Å². The van der Waals surface area contributed by atoms with Crippen LogP contribution in [0.1, 0.15) is 21.5 Å². The SMILES string of the molecule is NS(=O)(=O)c1cccc(CNC(=O)c2ccc3c(c2)OCc2cnccc2-3)c1. The number of benzene rings is 2. The number of hydrogen-bond donors (Lipinski definition) is 2. The van der Waals surface area contributed by atoms with Crippen molar-refractivity contribution in [1.29, 1.82) is 0 Å². The van der Waals surface area contributed by atoms with E-state index in [4.69, 9.17) is 9.88 Å². The molecule has 0 fully saturated rings. The highest BCUT2D eigenvalue weighted by molar-refractivity contribution is 7.89. The summed E-state index contributed by atoms with van der Waals surface area (Å²) in [6.45, 7) is 0.580. The van der Waals surface area contributed by atoms with Crippen molar-refractivity contribution in [3.63, 3.8) is 0 Å². The molecule has 28 heavy (non-hydrogen) atoms. The molecule has 1 aliphatic rings. The van der Waals surface area contributed by atoms with Crippen LogP contribution in [0.25, 0.3) is 11.1 Å². The van der Waals surface area contributed by atoms with Crippen LogP contribution < -0.4 is 15.2 Å². The Bertz CT molecular complexity index is 1180. The third-order valence-corrected chi connectivity index (χ3v) is 5.41. The minimum absolute atomic E-state index is 0.00887. The van der Waals surface area contributed by atoms with Crippen LogP contribution in [0.5, 0.6) is 5.75 Å². The molecule has 1 aliphatic heterocycles. The molecule has 3 aromatic rings. The average molecular weight is 395 g/mol. The summed E-state index contributed by atoms with van der Waals surface area (Å²) < 4.78 is 28.6. The van der Waals surface area contributed by atoms with Crippen LogP contribution in [-0.2, 0) is 23.2 Å². The lowest BCUT2D eigenvalue weighted by Gasteiger charge is -2.20. The quantitative estimate of drug-likeness (QED) is 0.704. The highest BCUT2D eigenvalue weighted by atomic mass is 32.2. The Morgan fingerprint density at radius 3 is 2.82 bits per heavy atom. The van der Waals surface area contributed by atoms with E-state index in [0.29, 0.717) is 23.5 Å². The van der Waals surface area contributed by atoms with Gasteiger partial charge >= 0.3 is 0 Å². The third-order valence-electron chi connectivity index (χ3n) is 4.50. The van der Waals surface area contributed by atoms with Gasteiger partial charge in [0, 0.05) is 35.6 Å². The lowest BCUT2D eigenvalue weighted by atomic mass is 9.97. The molecular weight excluding hydrogens is 378 g/mol. The standard InChI is InChI=1S/C20H17N3O4S/c21-28(25,26)16-3-1-2-13(8-16)10-23-20(24)14-4-5-18-17-6-7-22-11-15(17)12-27-19(18)9-14/h1-9,11H,10,12H2,(H,23,24)(H2,21,25,26). The summed E-state index contributed by atoms with van der Waals surface area (Å²) in [7, 11) is -3.78. The molecule has 8 heteroatoms. The summed E-state index contributed by atoms with van der Waals surface area (Å²) in [6, 6.07) is 13.4. The second-order valence-electron chi connectivity index (χ2n) is 6.41. The normalized spacial score (nSPS) is 12.5. The number of amides is 1. The fraction of sp³-hybridized carbons (Fsp3) is 0.100. The molecule has 1 aromatic heterocycles. The first-order valence-electron chi connectivity index (χ1n) is 8.52. The van der Waals surface area contributed by atoms with Crippen molar-refractivity contribution in [2.24, 2.45) is 5.14 Å². The molecule has 0 saturated heterocycles. The maximum Gasteiger partial charge on any atom is 0.251 e. The van der Waals surface area contributed by atoms with Crippen LogP contribution in [0.4, 0.5) is 0 Å². The number of nitrogens with one attached hydrogen (secondary N) is 1. The van der Waals surface area contributed by atoms with Crippen LogP contribution in [0.2, 0.25) is 0 Å². The van der Waals surface area contributed by atoms with Crippen molar-refractivity contribution in [1.82, 2.24) is 10.3 Å². The Kier molecular flexibility index (Phi) is 4.58. The fourth-order valence-electron chi connectivity index (χ4n) is 3.08. The Hall–Kier alpha value is -3.23. The smallest absolute Gasteiger partial charge is 0.251 e. The Labute approximate surface area is 162 Å². The molecule has 0 saturated carbocycles. The highest BCUT2D eigenvalue weighted by Gasteiger charge is 2.19. The summed E-state index contributed by atoms with van der Waals surface area (Å²) in [6.07, 6.45) is 3.50. The zero-order valence-corrected chi connectivity index (χ0v) is 15.6. The Morgan fingerprint density at radius 2 is 2.00 bits per heavy atom. The van der Waals surface area contributed by atoms with Crippen molar-refractivity contribution >= 4 is 15.9 Å². The summed E-state index contributed by atoms with van der Waals surface area (Å²) in [5.74, 6) is 0.357. The van der Waals surface area contributed by atoms with Gasteiger partial charge in [0.05, 0.1) is 4.90 Å². The van der Waals surface area contributed by atoms with E-state index in [2.05, 4.69) is 10.3 Å². The number of carbonyl (C=O) groups is 1. The van der Waals surface area contributed by atoms with Gasteiger partial charge in [-0.05, 0) is 47.5 Å². The second kappa shape index (κ2) is 7.06.